The molecule has 3 aromatic carbocycles. The predicted molar refractivity (Wildman–Crippen MR) is 126 cm³/mol. The molecule has 0 bridgehead atoms. The number of hydrogen-bond acceptors (Lipinski definition) is 4. The van der Waals surface area contributed by atoms with Gasteiger partial charge in [-0.05, 0) is 54.4 Å². The number of hydrogen-bond donors (Lipinski definition) is 4. The molecule has 0 heterocycles. The fourth-order valence-electron chi connectivity index (χ4n) is 3.27. The summed E-state index contributed by atoms with van der Waals surface area (Å²) in [6.45, 7) is 5.98. The van der Waals surface area contributed by atoms with Crippen molar-refractivity contribution in [1.29, 1.82) is 0 Å². The third kappa shape index (κ3) is 6.13. The van der Waals surface area contributed by atoms with Crippen LogP contribution in [0, 0.1) is 6.92 Å². The van der Waals surface area contributed by atoms with Gasteiger partial charge in [0.1, 0.15) is 5.75 Å². The van der Waals surface area contributed by atoms with E-state index >= 15 is 0 Å². The number of benzene rings is 3. The topological polar surface area (TPSA) is 70.3 Å². The molecule has 0 aliphatic rings. The van der Waals surface area contributed by atoms with Gasteiger partial charge >= 0.3 is 0 Å². The fourth-order valence-corrected chi connectivity index (χ4v) is 3.27. The molecule has 5 N–H and O–H groups in total. The number of nitrogens with one attached hydrogen (secondary N) is 2. The first kappa shape index (κ1) is 21.5. The van der Waals surface area contributed by atoms with Crippen LogP contribution in [0.25, 0.3) is 11.1 Å². The molecule has 156 valence electrons. The van der Waals surface area contributed by atoms with E-state index in [1.165, 1.54) is 11.1 Å². The Morgan fingerprint density at radius 3 is 2.07 bits per heavy atom. The average Bonchev–Trinajstić information content (AvgIpc) is 2.76. The summed E-state index contributed by atoms with van der Waals surface area (Å²) < 4.78 is 0. The number of phenolic OH excluding ortho intramolecular Hbond substituents is 1. The van der Waals surface area contributed by atoms with Crippen molar-refractivity contribution in [3.8, 4) is 16.9 Å². The van der Waals surface area contributed by atoms with Crippen LogP contribution in [0.3, 0.4) is 0 Å². The molecular weight excluding hydrogens is 370 g/mol. The lowest BCUT2D eigenvalue weighted by atomic mass is 10.0. The summed E-state index contributed by atoms with van der Waals surface area (Å²) in [5.41, 5.74) is 14.1. The van der Waals surface area contributed by atoms with Crippen molar-refractivity contribution < 1.29 is 5.11 Å². The number of allylic oxidation sites excluding steroid dienone is 1. The number of phenols is 1. The van der Waals surface area contributed by atoms with Crippen LogP contribution in [-0.4, -0.2) is 18.2 Å². The molecular formula is C26H31N3O. The summed E-state index contributed by atoms with van der Waals surface area (Å²) in [5.74, 6) is 0.278. The molecule has 0 aliphatic heterocycles. The molecule has 0 atom stereocenters. The van der Waals surface area contributed by atoms with E-state index in [9.17, 15) is 5.11 Å². The zero-order valence-corrected chi connectivity index (χ0v) is 17.8. The Balaban J connectivity index is 1.78. The van der Waals surface area contributed by atoms with Crippen LogP contribution >= 0.6 is 0 Å². The summed E-state index contributed by atoms with van der Waals surface area (Å²) in [6.07, 6.45) is 1.54. The highest BCUT2D eigenvalue weighted by atomic mass is 16.3. The van der Waals surface area contributed by atoms with Crippen molar-refractivity contribution in [3.63, 3.8) is 0 Å². The molecule has 0 unspecified atom stereocenters. The summed E-state index contributed by atoms with van der Waals surface area (Å²) in [4.78, 5) is 0. The van der Waals surface area contributed by atoms with E-state index in [0.29, 0.717) is 0 Å². The highest BCUT2D eigenvalue weighted by Gasteiger charge is 2.08. The highest BCUT2D eigenvalue weighted by molar-refractivity contribution is 5.64. The van der Waals surface area contributed by atoms with Gasteiger partial charge in [-0.15, -0.1) is 0 Å². The summed E-state index contributed by atoms with van der Waals surface area (Å²) in [7, 11) is 0. The zero-order chi connectivity index (χ0) is 21.3. The number of anilines is 1. The average molecular weight is 402 g/mol. The van der Waals surface area contributed by atoms with Gasteiger partial charge in [0.25, 0.3) is 0 Å². The minimum atomic E-state index is 0.278. The van der Waals surface area contributed by atoms with Gasteiger partial charge in [-0.25, -0.2) is 0 Å². The first-order chi connectivity index (χ1) is 14.5. The van der Waals surface area contributed by atoms with E-state index in [4.69, 9.17) is 5.73 Å². The molecule has 3 rings (SSSR count). The number of rotatable bonds is 9. The molecule has 0 aromatic heterocycles. The number of aromatic hydroxyl groups is 1. The Morgan fingerprint density at radius 2 is 1.47 bits per heavy atom. The van der Waals surface area contributed by atoms with Gasteiger partial charge in [0.05, 0.1) is 0 Å². The van der Waals surface area contributed by atoms with Crippen LogP contribution in [-0.2, 0) is 6.42 Å². The van der Waals surface area contributed by atoms with Gasteiger partial charge in [0.15, 0.2) is 0 Å². The molecule has 0 aliphatic carbocycles. The highest BCUT2D eigenvalue weighted by Crippen LogP contribution is 2.24. The summed E-state index contributed by atoms with van der Waals surface area (Å²) in [6, 6.07) is 24.1. The Labute approximate surface area is 179 Å². The van der Waals surface area contributed by atoms with E-state index in [1.54, 1.807) is 12.1 Å². The molecule has 0 saturated heterocycles. The van der Waals surface area contributed by atoms with Crippen LogP contribution < -0.4 is 16.4 Å². The van der Waals surface area contributed by atoms with Crippen LogP contribution in [0.5, 0.6) is 5.75 Å². The third-order valence-electron chi connectivity index (χ3n) is 5.09. The quantitative estimate of drug-likeness (QED) is 0.372. The molecule has 4 nitrogen and oxygen atoms in total. The molecule has 0 saturated carbocycles. The lowest BCUT2D eigenvalue weighted by Gasteiger charge is -2.16. The zero-order valence-electron chi connectivity index (χ0n) is 17.8. The van der Waals surface area contributed by atoms with E-state index in [1.807, 2.05) is 12.1 Å². The number of nitrogens with two attached hydrogens (primary N) is 1. The molecule has 30 heavy (non-hydrogen) atoms. The van der Waals surface area contributed by atoms with Gasteiger partial charge < -0.3 is 21.5 Å². The maximum absolute atomic E-state index is 9.48. The van der Waals surface area contributed by atoms with E-state index in [-0.39, 0.29) is 5.75 Å². The SMILES string of the molecule is CCNCC/C(N)=C(\Cc1ccc(-c2ccc(O)cc2)cc1)Nc1ccc(C)cc1. The smallest absolute Gasteiger partial charge is 0.115 e. The predicted octanol–water partition coefficient (Wildman–Crippen LogP) is 5.19. The van der Waals surface area contributed by atoms with E-state index in [0.717, 1.165) is 54.1 Å². The van der Waals surface area contributed by atoms with Gasteiger partial charge in [0, 0.05) is 36.5 Å². The minimum Gasteiger partial charge on any atom is -0.508 e. The van der Waals surface area contributed by atoms with Crippen LogP contribution in [0.15, 0.2) is 84.2 Å². The number of aryl methyl sites for hydroxylation is 1. The van der Waals surface area contributed by atoms with Crippen molar-refractivity contribution in [2.24, 2.45) is 5.73 Å². The Kier molecular flexibility index (Phi) is 7.52. The maximum atomic E-state index is 9.48. The molecule has 3 aromatic rings. The molecule has 4 heteroatoms. The van der Waals surface area contributed by atoms with Crippen molar-refractivity contribution in [2.45, 2.75) is 26.7 Å². The van der Waals surface area contributed by atoms with Crippen molar-refractivity contribution >= 4 is 5.69 Å². The first-order valence-corrected chi connectivity index (χ1v) is 10.5. The second-order valence-electron chi connectivity index (χ2n) is 7.52. The lowest BCUT2D eigenvalue weighted by Crippen LogP contribution is -2.19. The molecule has 0 radical (unpaired) electrons. The van der Waals surface area contributed by atoms with E-state index < -0.39 is 0 Å². The Bertz CT molecular complexity index is 959. The van der Waals surface area contributed by atoms with Crippen LogP contribution in [0.4, 0.5) is 5.69 Å². The van der Waals surface area contributed by atoms with Gasteiger partial charge in [-0.3, -0.25) is 0 Å². The van der Waals surface area contributed by atoms with Crippen LogP contribution in [0.2, 0.25) is 0 Å². The standard InChI is InChI=1S/C26H31N3O/c1-3-28-17-16-25(27)26(29-23-12-4-19(2)5-13-23)18-20-6-8-21(9-7-20)22-10-14-24(30)15-11-22/h4-15,28-30H,3,16-18,27H2,1-2H3/b26-25-. The van der Waals surface area contributed by atoms with Gasteiger partial charge in [-0.1, -0.05) is 61.0 Å². The van der Waals surface area contributed by atoms with Crippen molar-refractivity contribution in [3.05, 3.63) is 95.3 Å². The van der Waals surface area contributed by atoms with Gasteiger partial charge in [-0.2, -0.15) is 0 Å². The Morgan fingerprint density at radius 1 is 0.867 bits per heavy atom. The van der Waals surface area contributed by atoms with Crippen molar-refractivity contribution in [1.82, 2.24) is 5.32 Å². The maximum Gasteiger partial charge on any atom is 0.115 e. The van der Waals surface area contributed by atoms with Gasteiger partial charge in [0.2, 0.25) is 0 Å². The second-order valence-corrected chi connectivity index (χ2v) is 7.52. The largest absolute Gasteiger partial charge is 0.508 e. The van der Waals surface area contributed by atoms with Crippen LogP contribution in [0.1, 0.15) is 24.5 Å². The summed E-state index contributed by atoms with van der Waals surface area (Å²) >= 11 is 0. The lowest BCUT2D eigenvalue weighted by molar-refractivity contribution is 0.475. The molecule has 0 amide bonds. The first-order valence-electron chi connectivity index (χ1n) is 10.5. The fraction of sp³-hybridized carbons (Fsp3) is 0.231. The summed E-state index contributed by atoms with van der Waals surface area (Å²) in [5, 5.41) is 16.4. The third-order valence-corrected chi connectivity index (χ3v) is 5.09. The van der Waals surface area contributed by atoms with Crippen molar-refractivity contribution in [2.75, 3.05) is 18.4 Å². The molecule has 0 spiro atoms. The normalized spacial score (nSPS) is 11.8. The second kappa shape index (κ2) is 10.5. The minimum absolute atomic E-state index is 0.278. The molecule has 0 fully saturated rings. The Hall–Kier alpha value is -3.24. The van der Waals surface area contributed by atoms with E-state index in [2.05, 4.69) is 73.0 Å². The monoisotopic (exact) mass is 401 g/mol.